The minimum Gasteiger partial charge on any atom is -0.496 e. The Hall–Kier alpha value is -1.53. The number of hydrogen-bond donors (Lipinski definition) is 1. The summed E-state index contributed by atoms with van der Waals surface area (Å²) >= 11 is 0. The quantitative estimate of drug-likeness (QED) is 0.864. The van der Waals surface area contributed by atoms with Gasteiger partial charge in [0.15, 0.2) is 0 Å². The lowest BCUT2D eigenvalue weighted by Gasteiger charge is -2.34. The molecule has 1 heterocycles. The molecule has 0 radical (unpaired) electrons. The molecule has 1 aliphatic rings. The summed E-state index contributed by atoms with van der Waals surface area (Å²) in [6, 6.07) is 3.16. The van der Waals surface area contributed by atoms with Crippen LogP contribution in [0.4, 0.5) is 4.39 Å². The smallest absolute Gasteiger partial charge is 0.131 e. The molecule has 2 rings (SSSR count). The van der Waals surface area contributed by atoms with Crippen LogP contribution >= 0.6 is 0 Å². The van der Waals surface area contributed by atoms with Crippen LogP contribution in [0.15, 0.2) is 12.1 Å². The largest absolute Gasteiger partial charge is 0.496 e. The van der Waals surface area contributed by atoms with Crippen LogP contribution in [0.25, 0.3) is 0 Å². The monoisotopic (exact) mass is 298 g/mol. The molecule has 118 valence electrons. The van der Waals surface area contributed by atoms with Gasteiger partial charge in [-0.3, -0.25) is 4.90 Å². The number of hydrogen-bond acceptors (Lipinski definition) is 5. The van der Waals surface area contributed by atoms with Crippen LogP contribution in [-0.2, 0) is 0 Å². The average molecular weight is 298 g/mol. The summed E-state index contributed by atoms with van der Waals surface area (Å²) in [4.78, 5) is 2.11. The summed E-state index contributed by atoms with van der Waals surface area (Å²) < 4.78 is 29.8. The Bertz CT molecular complexity index is 439. The van der Waals surface area contributed by atoms with Gasteiger partial charge in [-0.15, -0.1) is 0 Å². The minimum atomic E-state index is -0.487. The van der Waals surface area contributed by atoms with E-state index in [4.69, 9.17) is 14.2 Å². The van der Waals surface area contributed by atoms with Gasteiger partial charge in [-0.25, -0.2) is 4.39 Å². The first-order valence-electron chi connectivity index (χ1n) is 7.05. The maximum atomic E-state index is 13.7. The van der Waals surface area contributed by atoms with Crippen molar-refractivity contribution in [3.8, 4) is 17.2 Å². The number of methoxy groups -OCH3 is 3. The summed E-state index contributed by atoms with van der Waals surface area (Å²) in [5.41, 5.74) is 0.741. The molecule has 1 saturated heterocycles. The van der Waals surface area contributed by atoms with Gasteiger partial charge in [-0.1, -0.05) is 0 Å². The lowest BCUT2D eigenvalue weighted by Crippen LogP contribution is -2.45. The Morgan fingerprint density at radius 1 is 1.10 bits per heavy atom. The van der Waals surface area contributed by atoms with Gasteiger partial charge in [0.05, 0.1) is 32.9 Å². The number of ether oxygens (including phenoxy) is 3. The van der Waals surface area contributed by atoms with Crippen molar-refractivity contribution in [2.24, 2.45) is 0 Å². The second kappa shape index (κ2) is 7.47. The first-order valence-corrected chi connectivity index (χ1v) is 7.05. The number of nitrogens with one attached hydrogen (secondary N) is 1. The van der Waals surface area contributed by atoms with Gasteiger partial charge in [-0.05, 0) is 0 Å². The highest BCUT2D eigenvalue weighted by Crippen LogP contribution is 2.40. The van der Waals surface area contributed by atoms with E-state index >= 15 is 0 Å². The van der Waals surface area contributed by atoms with Crippen LogP contribution in [-0.4, -0.2) is 59.1 Å². The first kappa shape index (κ1) is 15.9. The maximum Gasteiger partial charge on any atom is 0.131 e. The Morgan fingerprint density at radius 2 is 1.67 bits per heavy atom. The highest BCUT2D eigenvalue weighted by atomic mass is 19.1. The fraction of sp³-hybridized carbons (Fsp3) is 0.600. The third-order valence-corrected chi connectivity index (χ3v) is 3.82. The van der Waals surface area contributed by atoms with Crippen molar-refractivity contribution in [3.63, 3.8) is 0 Å². The van der Waals surface area contributed by atoms with Crippen LogP contribution in [0.3, 0.4) is 0 Å². The van der Waals surface area contributed by atoms with E-state index in [1.807, 2.05) is 0 Å². The van der Waals surface area contributed by atoms with Crippen molar-refractivity contribution in [1.82, 2.24) is 10.2 Å². The summed E-state index contributed by atoms with van der Waals surface area (Å²) in [7, 11) is 4.73. The predicted molar refractivity (Wildman–Crippen MR) is 79.3 cm³/mol. The van der Waals surface area contributed by atoms with E-state index in [0.29, 0.717) is 17.2 Å². The summed E-state index contributed by atoms with van der Waals surface area (Å²) in [6.07, 6.45) is 0. The number of benzene rings is 1. The van der Waals surface area contributed by atoms with E-state index in [-0.39, 0.29) is 6.04 Å². The summed E-state index contributed by atoms with van der Waals surface area (Å²) in [6.45, 7) is 2.83. The van der Waals surface area contributed by atoms with E-state index in [0.717, 1.165) is 31.7 Å². The molecule has 0 bridgehead atoms. The second-order valence-electron chi connectivity index (χ2n) is 4.90. The highest BCUT2D eigenvalue weighted by Gasteiger charge is 2.28. The van der Waals surface area contributed by atoms with Gasteiger partial charge >= 0.3 is 0 Å². The second-order valence-corrected chi connectivity index (χ2v) is 4.90. The van der Waals surface area contributed by atoms with Crippen molar-refractivity contribution in [2.75, 3.05) is 54.2 Å². The molecule has 6 heteroatoms. The molecule has 1 fully saturated rings. The number of rotatable bonds is 6. The average Bonchev–Trinajstić information content (AvgIpc) is 2.56. The molecule has 1 atom stereocenters. The third-order valence-electron chi connectivity index (χ3n) is 3.82. The normalized spacial score (nSPS) is 17.3. The van der Waals surface area contributed by atoms with Crippen molar-refractivity contribution in [2.45, 2.75) is 6.04 Å². The number of nitrogens with zero attached hydrogens (tertiary/aromatic N) is 1. The lowest BCUT2D eigenvalue weighted by molar-refractivity contribution is 0.142. The molecular formula is C15H23FN2O3. The third kappa shape index (κ3) is 3.39. The Kier molecular flexibility index (Phi) is 5.64. The zero-order valence-electron chi connectivity index (χ0n) is 12.8. The molecule has 5 nitrogen and oxygen atoms in total. The lowest BCUT2D eigenvalue weighted by atomic mass is 10.0. The van der Waals surface area contributed by atoms with E-state index in [1.165, 1.54) is 0 Å². The van der Waals surface area contributed by atoms with E-state index in [9.17, 15) is 4.39 Å². The van der Waals surface area contributed by atoms with Gasteiger partial charge in [0, 0.05) is 38.3 Å². The number of halogens is 1. The molecular weight excluding hydrogens is 275 g/mol. The van der Waals surface area contributed by atoms with Crippen molar-refractivity contribution in [1.29, 1.82) is 0 Å². The molecule has 21 heavy (non-hydrogen) atoms. The first-order chi connectivity index (χ1) is 10.2. The van der Waals surface area contributed by atoms with E-state index in [2.05, 4.69) is 10.2 Å². The molecule has 0 saturated carbocycles. The van der Waals surface area contributed by atoms with Crippen molar-refractivity contribution < 1.29 is 18.6 Å². The van der Waals surface area contributed by atoms with Crippen LogP contribution in [0.5, 0.6) is 17.2 Å². The number of alkyl halides is 1. The molecule has 0 amide bonds. The molecule has 0 unspecified atom stereocenters. The highest BCUT2D eigenvalue weighted by molar-refractivity contribution is 5.52. The molecule has 1 N–H and O–H groups in total. The van der Waals surface area contributed by atoms with Gasteiger partial charge in [0.1, 0.15) is 23.9 Å². The van der Waals surface area contributed by atoms with Gasteiger partial charge in [0.25, 0.3) is 0 Å². The fourth-order valence-electron chi connectivity index (χ4n) is 2.71. The number of piperazine rings is 1. The molecule has 1 aromatic rings. The predicted octanol–water partition coefficient (Wildman–Crippen LogP) is 1.63. The molecule has 0 spiro atoms. The van der Waals surface area contributed by atoms with Gasteiger partial charge in [-0.2, -0.15) is 0 Å². The van der Waals surface area contributed by atoms with Crippen LogP contribution < -0.4 is 19.5 Å². The van der Waals surface area contributed by atoms with Gasteiger partial charge < -0.3 is 19.5 Å². The molecule has 1 aliphatic heterocycles. The molecule has 0 aliphatic carbocycles. The van der Waals surface area contributed by atoms with E-state index < -0.39 is 6.67 Å². The van der Waals surface area contributed by atoms with Crippen LogP contribution in [0.1, 0.15) is 11.6 Å². The topological polar surface area (TPSA) is 43.0 Å². The van der Waals surface area contributed by atoms with Crippen molar-refractivity contribution in [3.05, 3.63) is 17.7 Å². The van der Waals surface area contributed by atoms with Gasteiger partial charge in [0.2, 0.25) is 0 Å². The SMILES string of the molecule is COc1cc(OC)c([C@H](CF)N2CCNCC2)c(OC)c1. The molecule has 0 aromatic heterocycles. The summed E-state index contributed by atoms with van der Waals surface area (Å²) in [5, 5.41) is 3.27. The zero-order valence-corrected chi connectivity index (χ0v) is 12.8. The minimum absolute atomic E-state index is 0.372. The zero-order chi connectivity index (χ0) is 15.2. The maximum absolute atomic E-state index is 13.7. The van der Waals surface area contributed by atoms with Crippen LogP contribution in [0, 0.1) is 0 Å². The standard InChI is InChI=1S/C15H23FN2O3/c1-19-11-8-13(20-2)15(14(9-11)21-3)12(10-16)18-6-4-17-5-7-18/h8-9,12,17H,4-7,10H2,1-3H3/t12-/m0/s1. The molecule has 1 aromatic carbocycles. The fourth-order valence-corrected chi connectivity index (χ4v) is 2.71. The summed E-state index contributed by atoms with van der Waals surface area (Å²) in [5.74, 6) is 1.81. The Labute approximate surface area is 125 Å². The van der Waals surface area contributed by atoms with E-state index in [1.54, 1.807) is 33.5 Å². The van der Waals surface area contributed by atoms with Crippen LogP contribution in [0.2, 0.25) is 0 Å². The van der Waals surface area contributed by atoms with Crippen molar-refractivity contribution >= 4 is 0 Å². The Balaban J connectivity index is 2.42. The Morgan fingerprint density at radius 3 is 2.10 bits per heavy atom.